The minimum Gasteiger partial charge on any atom is -0.316 e. The molecule has 0 saturated carbocycles. The largest absolute Gasteiger partial charge is 0.316 e. The second-order valence-corrected chi connectivity index (χ2v) is 3.53. The van der Waals surface area contributed by atoms with Crippen molar-refractivity contribution in [3.63, 3.8) is 0 Å². The van der Waals surface area contributed by atoms with E-state index >= 15 is 0 Å². The van der Waals surface area contributed by atoms with E-state index in [1.807, 2.05) is 0 Å². The number of carbonyl (C=O) groups is 1. The van der Waals surface area contributed by atoms with E-state index < -0.39 is 5.82 Å². The van der Waals surface area contributed by atoms with Crippen LogP contribution in [0, 0.1) is 11.7 Å². The van der Waals surface area contributed by atoms with Crippen LogP contribution in [0.2, 0.25) is 0 Å². The molecule has 0 aliphatic carbocycles. The SMILES string of the molecule is O=C(c1ccccc1F)[C@@H]1CCNC1. The smallest absolute Gasteiger partial charge is 0.170 e. The molecule has 74 valence electrons. The van der Waals surface area contributed by atoms with Gasteiger partial charge in [0.05, 0.1) is 5.56 Å². The minimum atomic E-state index is -0.413. The summed E-state index contributed by atoms with van der Waals surface area (Å²) in [6.07, 6.45) is 0.813. The number of benzene rings is 1. The second kappa shape index (κ2) is 3.88. The van der Waals surface area contributed by atoms with Gasteiger partial charge in [0.15, 0.2) is 5.78 Å². The molecule has 0 unspecified atom stereocenters. The summed E-state index contributed by atoms with van der Waals surface area (Å²) in [5.74, 6) is -0.538. The molecule has 14 heavy (non-hydrogen) atoms. The van der Waals surface area contributed by atoms with Crippen molar-refractivity contribution in [1.29, 1.82) is 0 Å². The Balaban J connectivity index is 2.22. The number of Topliss-reactive ketones (excluding diaryl/α,β-unsaturated/α-hetero) is 1. The lowest BCUT2D eigenvalue weighted by Gasteiger charge is -2.07. The first-order chi connectivity index (χ1) is 6.79. The van der Waals surface area contributed by atoms with Crippen molar-refractivity contribution in [2.75, 3.05) is 13.1 Å². The van der Waals surface area contributed by atoms with Crippen LogP contribution < -0.4 is 5.32 Å². The van der Waals surface area contributed by atoms with Gasteiger partial charge >= 0.3 is 0 Å². The first-order valence-electron chi connectivity index (χ1n) is 4.78. The third-order valence-corrected chi connectivity index (χ3v) is 2.57. The number of halogens is 1. The van der Waals surface area contributed by atoms with Gasteiger partial charge in [0.2, 0.25) is 0 Å². The molecule has 0 aromatic heterocycles. The van der Waals surface area contributed by atoms with Crippen molar-refractivity contribution < 1.29 is 9.18 Å². The normalized spacial score (nSPS) is 21.1. The van der Waals surface area contributed by atoms with Crippen LogP contribution in [-0.4, -0.2) is 18.9 Å². The molecule has 2 rings (SSSR count). The van der Waals surface area contributed by atoms with Gasteiger partial charge in [0, 0.05) is 12.5 Å². The molecule has 2 nitrogen and oxygen atoms in total. The molecule has 1 aliphatic rings. The van der Waals surface area contributed by atoms with Crippen LogP contribution in [0.3, 0.4) is 0 Å². The number of carbonyl (C=O) groups excluding carboxylic acids is 1. The predicted molar refractivity (Wildman–Crippen MR) is 51.7 cm³/mol. The van der Waals surface area contributed by atoms with E-state index in [0.717, 1.165) is 13.0 Å². The van der Waals surface area contributed by atoms with Gasteiger partial charge in [-0.2, -0.15) is 0 Å². The Bertz CT molecular complexity index is 345. The fourth-order valence-corrected chi connectivity index (χ4v) is 1.76. The van der Waals surface area contributed by atoms with Gasteiger partial charge in [0.1, 0.15) is 5.82 Å². The summed E-state index contributed by atoms with van der Waals surface area (Å²) in [6.45, 7) is 1.53. The Kier molecular flexibility index (Phi) is 2.59. The monoisotopic (exact) mass is 193 g/mol. The summed E-state index contributed by atoms with van der Waals surface area (Å²) in [6, 6.07) is 6.17. The number of hydrogen-bond donors (Lipinski definition) is 1. The fraction of sp³-hybridized carbons (Fsp3) is 0.364. The van der Waals surface area contributed by atoms with Crippen LogP contribution >= 0.6 is 0 Å². The highest BCUT2D eigenvalue weighted by Gasteiger charge is 2.25. The van der Waals surface area contributed by atoms with Crippen LogP contribution in [0.25, 0.3) is 0 Å². The van der Waals surface area contributed by atoms with Gasteiger partial charge in [-0.05, 0) is 25.1 Å². The summed E-state index contributed by atoms with van der Waals surface area (Å²) in [5, 5.41) is 3.10. The van der Waals surface area contributed by atoms with Crippen LogP contribution in [0.15, 0.2) is 24.3 Å². The molecule has 0 spiro atoms. The lowest BCUT2D eigenvalue weighted by atomic mass is 9.97. The van der Waals surface area contributed by atoms with Crippen molar-refractivity contribution in [2.24, 2.45) is 5.92 Å². The molecule has 1 saturated heterocycles. The van der Waals surface area contributed by atoms with Gasteiger partial charge < -0.3 is 5.32 Å². The number of nitrogens with one attached hydrogen (secondary N) is 1. The van der Waals surface area contributed by atoms with E-state index in [4.69, 9.17) is 0 Å². The molecule has 3 heteroatoms. The van der Waals surface area contributed by atoms with E-state index in [9.17, 15) is 9.18 Å². The van der Waals surface area contributed by atoms with Crippen LogP contribution in [-0.2, 0) is 0 Å². The van der Waals surface area contributed by atoms with E-state index in [1.54, 1.807) is 18.2 Å². The van der Waals surface area contributed by atoms with Gasteiger partial charge in [-0.3, -0.25) is 4.79 Å². The van der Waals surface area contributed by atoms with E-state index in [0.29, 0.717) is 6.54 Å². The molecule has 0 bridgehead atoms. The van der Waals surface area contributed by atoms with Gasteiger partial charge in [-0.1, -0.05) is 12.1 Å². The quantitative estimate of drug-likeness (QED) is 0.723. The minimum absolute atomic E-state index is 0.0492. The molecule has 0 amide bonds. The van der Waals surface area contributed by atoms with Gasteiger partial charge in [0.25, 0.3) is 0 Å². The Labute approximate surface area is 82.1 Å². The van der Waals surface area contributed by atoms with Crippen LogP contribution in [0.4, 0.5) is 4.39 Å². The highest BCUT2D eigenvalue weighted by atomic mass is 19.1. The Morgan fingerprint density at radius 1 is 1.43 bits per heavy atom. The average Bonchev–Trinajstić information content (AvgIpc) is 2.70. The van der Waals surface area contributed by atoms with Crippen LogP contribution in [0.1, 0.15) is 16.8 Å². The highest BCUT2D eigenvalue weighted by Crippen LogP contribution is 2.17. The summed E-state index contributed by atoms with van der Waals surface area (Å²) in [4.78, 5) is 11.8. The molecule has 1 aliphatic heterocycles. The fourth-order valence-electron chi connectivity index (χ4n) is 1.76. The first-order valence-corrected chi connectivity index (χ1v) is 4.78. The number of hydrogen-bond acceptors (Lipinski definition) is 2. The van der Waals surface area contributed by atoms with E-state index in [-0.39, 0.29) is 17.3 Å². The standard InChI is InChI=1S/C11H12FNO/c12-10-4-2-1-3-9(10)11(14)8-5-6-13-7-8/h1-4,8,13H,5-7H2/t8-/m1/s1. The number of ketones is 1. The maximum absolute atomic E-state index is 13.3. The van der Waals surface area contributed by atoms with Crippen molar-refractivity contribution in [3.8, 4) is 0 Å². The molecule has 1 heterocycles. The summed E-state index contributed by atoms with van der Waals surface area (Å²) in [7, 11) is 0. The predicted octanol–water partition coefficient (Wildman–Crippen LogP) is 1.62. The molecular weight excluding hydrogens is 181 g/mol. The zero-order valence-corrected chi connectivity index (χ0v) is 7.79. The van der Waals surface area contributed by atoms with Gasteiger partial charge in [-0.25, -0.2) is 4.39 Å². The maximum Gasteiger partial charge on any atom is 0.170 e. The van der Waals surface area contributed by atoms with Crippen LogP contribution in [0.5, 0.6) is 0 Å². The lowest BCUT2D eigenvalue weighted by Crippen LogP contribution is -2.18. The maximum atomic E-state index is 13.3. The Morgan fingerprint density at radius 2 is 2.21 bits per heavy atom. The summed E-state index contributed by atoms with van der Waals surface area (Å²) >= 11 is 0. The molecule has 0 radical (unpaired) electrons. The topological polar surface area (TPSA) is 29.1 Å². The molecule has 1 aromatic rings. The lowest BCUT2D eigenvalue weighted by molar-refractivity contribution is 0.0926. The summed E-state index contributed by atoms with van der Waals surface area (Å²) in [5.41, 5.74) is 0.223. The molecular formula is C11H12FNO. The molecule has 1 atom stereocenters. The second-order valence-electron chi connectivity index (χ2n) is 3.53. The van der Waals surface area contributed by atoms with Crippen molar-refractivity contribution in [2.45, 2.75) is 6.42 Å². The third-order valence-electron chi connectivity index (χ3n) is 2.57. The zero-order chi connectivity index (χ0) is 9.97. The van der Waals surface area contributed by atoms with Crippen molar-refractivity contribution >= 4 is 5.78 Å². The first kappa shape index (κ1) is 9.34. The van der Waals surface area contributed by atoms with Gasteiger partial charge in [-0.15, -0.1) is 0 Å². The Hall–Kier alpha value is -1.22. The third kappa shape index (κ3) is 1.68. The zero-order valence-electron chi connectivity index (χ0n) is 7.79. The van der Waals surface area contributed by atoms with Crippen molar-refractivity contribution in [3.05, 3.63) is 35.6 Å². The molecule has 1 aromatic carbocycles. The van der Waals surface area contributed by atoms with Crippen molar-refractivity contribution in [1.82, 2.24) is 5.32 Å². The van der Waals surface area contributed by atoms with E-state index in [2.05, 4.69) is 5.32 Å². The van der Waals surface area contributed by atoms with E-state index in [1.165, 1.54) is 6.07 Å². The average molecular weight is 193 g/mol. The Morgan fingerprint density at radius 3 is 2.86 bits per heavy atom. The molecule has 1 N–H and O–H groups in total. The summed E-state index contributed by atoms with van der Waals surface area (Å²) < 4.78 is 13.3. The number of rotatable bonds is 2. The highest BCUT2D eigenvalue weighted by molar-refractivity contribution is 5.98. The molecule has 1 fully saturated rings.